The zero-order valence-electron chi connectivity index (χ0n) is 31.4. The van der Waals surface area contributed by atoms with Crippen molar-refractivity contribution in [3.63, 3.8) is 0 Å². The number of rotatable bonds is 24. The van der Waals surface area contributed by atoms with Gasteiger partial charge in [-0.15, -0.1) is 0 Å². The molecule has 315 valence electrons. The van der Waals surface area contributed by atoms with E-state index >= 15 is 0 Å². The van der Waals surface area contributed by atoms with Gasteiger partial charge >= 0.3 is 23.0 Å². The van der Waals surface area contributed by atoms with Gasteiger partial charge < -0.3 is 58.7 Å². The quantitative estimate of drug-likeness (QED) is 0.0320. The molecule has 21 nitrogen and oxygen atoms in total. The van der Waals surface area contributed by atoms with E-state index < -0.39 is 127 Å². The molecule has 0 spiro atoms. The van der Waals surface area contributed by atoms with Crippen molar-refractivity contribution < 1.29 is 70.1 Å². The number of carboxylic acid groups (broad SMARTS) is 1. The van der Waals surface area contributed by atoms with E-state index in [2.05, 4.69) is 73.1 Å². The number of nitrogens with two attached hydrogens (primary N) is 1. The summed E-state index contributed by atoms with van der Waals surface area (Å²) in [6.45, 7) is 7.34. The molecule has 0 aliphatic heterocycles. The summed E-state index contributed by atoms with van der Waals surface area (Å²) in [5, 5.41) is 30.2. The number of thiol groups is 2. The van der Waals surface area contributed by atoms with E-state index in [0.29, 0.717) is 0 Å². The molecule has 0 saturated heterocycles. The van der Waals surface area contributed by atoms with Crippen LogP contribution in [0.25, 0.3) is 0 Å². The molecule has 1 radical (unpaired) electrons. The molecule has 0 saturated carbocycles. The van der Waals surface area contributed by atoms with Crippen molar-refractivity contribution in [2.75, 3.05) is 37.7 Å². The van der Waals surface area contributed by atoms with E-state index in [1.807, 2.05) is 13.8 Å². The maximum atomic E-state index is 12.6. The largest absolute Gasteiger partial charge is 2.00 e. The van der Waals surface area contributed by atoms with Crippen LogP contribution in [0.1, 0.15) is 48.0 Å². The van der Waals surface area contributed by atoms with Crippen molar-refractivity contribution in [3.8, 4) is 0 Å². The fourth-order valence-corrected chi connectivity index (χ4v) is 4.57. The number of nitrogens with one attached hydrogen (secondary N) is 9. The minimum Gasteiger partial charge on any atom is -0.480 e. The van der Waals surface area contributed by atoms with Crippen molar-refractivity contribution in [2.45, 2.75) is 84.2 Å². The Kier molecular flexibility index (Phi) is 26.5. The third-order valence-corrected chi connectivity index (χ3v) is 7.95. The first-order valence-electron chi connectivity index (χ1n) is 16.9. The summed E-state index contributed by atoms with van der Waals surface area (Å²) in [6, 6.07) is -6.54. The summed E-state index contributed by atoms with van der Waals surface area (Å²) >= 11 is 7.84. The molecule has 6 atom stereocenters. The summed E-state index contributed by atoms with van der Waals surface area (Å²) in [5.41, 5.74) is 5.65. The summed E-state index contributed by atoms with van der Waals surface area (Å²) in [7, 11) is 0. The minimum atomic E-state index is -1.30. The Morgan fingerprint density at radius 3 is 1.36 bits per heavy atom. The molecule has 0 rings (SSSR count). The van der Waals surface area contributed by atoms with Crippen molar-refractivity contribution in [3.05, 3.63) is 0 Å². The van der Waals surface area contributed by atoms with E-state index in [1.54, 1.807) is 13.8 Å². The van der Waals surface area contributed by atoms with Gasteiger partial charge in [-0.3, -0.25) is 43.2 Å². The van der Waals surface area contributed by atoms with Gasteiger partial charge in [0.2, 0.25) is 53.2 Å². The van der Waals surface area contributed by atoms with Gasteiger partial charge in [0.25, 0.3) is 0 Å². The van der Waals surface area contributed by atoms with E-state index in [1.165, 1.54) is 13.8 Å². The first-order chi connectivity index (χ1) is 25.1. The normalized spacial score (nSPS) is 13.9. The molecule has 12 N–H and O–H groups in total. The molecule has 0 aromatic carbocycles. The Balaban J connectivity index is 0. The summed E-state index contributed by atoms with van der Waals surface area (Å²) in [4.78, 5) is 122. The average molecular weight is 871 g/mol. The van der Waals surface area contributed by atoms with Crippen molar-refractivity contribution >= 4 is 84.4 Å². The molecular weight excluding hydrogens is 816 g/mol. The van der Waals surface area contributed by atoms with Crippen LogP contribution in [-0.2, 0) is 65.0 Å². The zero-order chi connectivity index (χ0) is 41.7. The molecular formula is C31H54CuN10O11S2+2. The molecule has 55 heavy (non-hydrogen) atoms. The smallest absolute Gasteiger partial charge is 0.480 e. The van der Waals surface area contributed by atoms with Gasteiger partial charge in [0.1, 0.15) is 30.2 Å². The van der Waals surface area contributed by atoms with E-state index in [-0.39, 0.29) is 40.9 Å². The minimum absolute atomic E-state index is 0. The van der Waals surface area contributed by atoms with Gasteiger partial charge in [-0.2, -0.15) is 25.3 Å². The van der Waals surface area contributed by atoms with Gasteiger partial charge in [-0.05, 0) is 32.1 Å². The van der Waals surface area contributed by atoms with Crippen molar-refractivity contribution in [1.82, 2.24) is 47.9 Å². The summed E-state index contributed by atoms with van der Waals surface area (Å²) in [5.74, 6) is -8.34. The summed E-state index contributed by atoms with van der Waals surface area (Å²) in [6.07, 6.45) is 0.274. The van der Waals surface area contributed by atoms with Crippen LogP contribution < -0.4 is 53.6 Å². The third kappa shape index (κ3) is 22.1. The fourth-order valence-electron chi connectivity index (χ4n) is 4.16. The van der Waals surface area contributed by atoms with Crippen LogP contribution in [0.5, 0.6) is 0 Å². The second-order valence-electron chi connectivity index (χ2n) is 12.9. The zero-order valence-corrected chi connectivity index (χ0v) is 34.1. The Hall–Kier alpha value is -4.12. The summed E-state index contributed by atoms with van der Waals surface area (Å²) < 4.78 is 0. The molecule has 0 fully saturated rings. The van der Waals surface area contributed by atoms with Crippen LogP contribution in [0, 0.1) is 11.8 Å². The molecule has 0 aliphatic carbocycles. The first-order valence-corrected chi connectivity index (χ1v) is 18.2. The van der Waals surface area contributed by atoms with Crippen LogP contribution in [-0.4, -0.2) is 138 Å². The van der Waals surface area contributed by atoms with E-state index in [0.717, 1.165) is 0 Å². The molecule has 9 amide bonds. The average Bonchev–Trinajstić information content (AvgIpc) is 3.10. The van der Waals surface area contributed by atoms with Crippen molar-refractivity contribution in [2.24, 2.45) is 17.6 Å². The predicted octanol–water partition coefficient (Wildman–Crippen LogP) is -5.11. The van der Waals surface area contributed by atoms with Gasteiger partial charge in [0, 0.05) is 11.5 Å². The number of hydrogen-bond acceptors (Lipinski definition) is 13. The van der Waals surface area contributed by atoms with E-state index in [4.69, 9.17) is 10.8 Å². The molecule has 0 aliphatic rings. The standard InChI is InChI=1S/C31H54N10O11S2.Cu/c1-14(2)7-19(39-28(48)18(32)12-53)29(49)36-10-23(44)38-16(5)26(46)34-8-21(42)33-9-22(43)37-17(6)27(47)35-11-24(45)41-25(15(3)4)30(50)40-20(13-54)31(51)52;/h14-20,25,53-54H,7-13,32H2,1-6H3,(H,33,42)(H,34,46)(H,35,47)(H,36,49)(H,37,43)(H,38,44)(H,39,48)(H,40,50)(H,41,45)(H,51,52);/q;+2/t16-,17-,18-,19-,20-,25-;/m0./s1. The fraction of sp³-hybridized carbons (Fsp3) is 0.677. The second kappa shape index (κ2) is 27.5. The third-order valence-electron chi connectivity index (χ3n) is 7.19. The molecule has 0 heterocycles. The number of aliphatic carboxylic acids is 1. The number of carbonyl (C=O) groups excluding carboxylic acids is 9. The van der Waals surface area contributed by atoms with Crippen LogP contribution in [0.3, 0.4) is 0 Å². The second-order valence-corrected chi connectivity index (χ2v) is 13.6. The SMILES string of the molecule is CC(C)C[C@H](NC(=O)[C@@H](N)CS)C(=O)NCC(=O)N[C@@H](C)C(=O)NCC(=O)NCC(=O)N[C@@H](C)C(=O)NCC(=O)N[C@H](C(=O)N[C@@H](CS)C(=O)O)C(C)C.[Cu+2]. The van der Waals surface area contributed by atoms with Crippen LogP contribution in [0.15, 0.2) is 0 Å². The van der Waals surface area contributed by atoms with Crippen LogP contribution >= 0.6 is 25.3 Å². The Bertz CT molecular complexity index is 1380. The molecule has 0 unspecified atom stereocenters. The molecule has 24 heteroatoms. The number of carbonyl (C=O) groups is 10. The molecule has 0 aromatic heterocycles. The maximum Gasteiger partial charge on any atom is 2.00 e. The molecule has 0 bridgehead atoms. The number of amides is 9. The predicted molar refractivity (Wildman–Crippen MR) is 201 cm³/mol. The number of carboxylic acids is 1. The Labute approximate surface area is 340 Å². The first kappa shape index (κ1) is 53.0. The topological polar surface area (TPSA) is 325 Å². The molecule has 0 aromatic rings. The van der Waals surface area contributed by atoms with Gasteiger partial charge in [0.15, 0.2) is 0 Å². The Morgan fingerprint density at radius 2 is 0.945 bits per heavy atom. The van der Waals surface area contributed by atoms with E-state index in [9.17, 15) is 47.9 Å². The van der Waals surface area contributed by atoms with Crippen LogP contribution in [0.4, 0.5) is 0 Å². The Morgan fingerprint density at radius 1 is 0.527 bits per heavy atom. The maximum absolute atomic E-state index is 12.6. The van der Waals surface area contributed by atoms with Gasteiger partial charge in [0.05, 0.1) is 32.2 Å². The van der Waals surface area contributed by atoms with Crippen molar-refractivity contribution in [1.29, 1.82) is 0 Å². The van der Waals surface area contributed by atoms with Crippen LogP contribution in [0.2, 0.25) is 0 Å². The van der Waals surface area contributed by atoms with Gasteiger partial charge in [-0.1, -0.05) is 27.7 Å². The van der Waals surface area contributed by atoms with Gasteiger partial charge in [-0.25, -0.2) is 4.79 Å². The number of hydrogen-bond donors (Lipinski definition) is 13. The monoisotopic (exact) mass is 869 g/mol.